The third-order valence-electron chi connectivity index (χ3n) is 4.85. The number of hydrogen-bond acceptors (Lipinski definition) is 5. The van der Waals surface area contributed by atoms with Crippen LogP contribution in [0.5, 0.6) is 0 Å². The van der Waals surface area contributed by atoms with Crippen LogP contribution in [0.1, 0.15) is 30.0 Å². The van der Waals surface area contributed by atoms with E-state index in [0.717, 1.165) is 17.4 Å². The summed E-state index contributed by atoms with van der Waals surface area (Å²) in [5.41, 5.74) is 1.71. The van der Waals surface area contributed by atoms with Gasteiger partial charge >= 0.3 is 5.97 Å². The van der Waals surface area contributed by atoms with Crippen LogP contribution in [0.25, 0.3) is 11.0 Å². The molecule has 0 radical (unpaired) electrons. The second-order valence-electron chi connectivity index (χ2n) is 6.29. The summed E-state index contributed by atoms with van der Waals surface area (Å²) in [4.78, 5) is 16.9. The van der Waals surface area contributed by atoms with E-state index in [1.165, 1.54) is 11.1 Å². The number of hydrogen-bond donors (Lipinski definition) is 0. The molecule has 0 saturated heterocycles. The summed E-state index contributed by atoms with van der Waals surface area (Å²) in [5.74, 6) is -1.03. The smallest absolute Gasteiger partial charge is 0.314 e. The number of carbonyl (C=O) groups is 1. The highest BCUT2D eigenvalue weighted by atomic mass is 32.2. The van der Waals surface area contributed by atoms with Crippen LogP contribution in [-0.2, 0) is 26.0 Å². The summed E-state index contributed by atoms with van der Waals surface area (Å²) in [7, 11) is -2.57. The molecule has 1 aromatic carbocycles. The van der Waals surface area contributed by atoms with Crippen LogP contribution in [0, 0.1) is 0 Å². The Morgan fingerprint density at radius 3 is 2.69 bits per heavy atom. The number of rotatable bonds is 3. The van der Waals surface area contributed by atoms with E-state index >= 15 is 0 Å². The monoisotopic (exact) mass is 370 g/mol. The van der Waals surface area contributed by atoms with Gasteiger partial charge in [-0.2, -0.15) is 0 Å². The summed E-state index contributed by atoms with van der Waals surface area (Å²) in [5, 5.41) is 0.774. The first kappa shape index (κ1) is 16.8. The minimum absolute atomic E-state index is 0.166. The second kappa shape index (κ2) is 6.25. The summed E-state index contributed by atoms with van der Waals surface area (Å²) in [6, 6.07) is 11.9. The first-order chi connectivity index (χ1) is 12.6. The molecule has 7 heteroatoms. The highest BCUT2D eigenvalue weighted by molar-refractivity contribution is 7.90. The number of pyridine rings is 1. The quantitative estimate of drug-likeness (QED) is 0.663. The van der Waals surface area contributed by atoms with Crippen molar-refractivity contribution < 1.29 is 17.9 Å². The fourth-order valence-corrected chi connectivity index (χ4v) is 5.30. The third kappa shape index (κ3) is 2.42. The van der Waals surface area contributed by atoms with Crippen LogP contribution >= 0.6 is 0 Å². The molecule has 0 bridgehead atoms. The average molecular weight is 370 g/mol. The van der Waals surface area contributed by atoms with Crippen LogP contribution in [0.2, 0.25) is 0 Å². The summed E-state index contributed by atoms with van der Waals surface area (Å²) < 4.78 is 33.0. The van der Waals surface area contributed by atoms with Crippen molar-refractivity contribution in [3.05, 3.63) is 59.9 Å². The topological polar surface area (TPSA) is 78.3 Å². The van der Waals surface area contributed by atoms with E-state index in [1.54, 1.807) is 42.6 Å². The maximum absolute atomic E-state index is 13.4. The molecule has 1 unspecified atom stereocenters. The van der Waals surface area contributed by atoms with Gasteiger partial charge in [-0.1, -0.05) is 18.2 Å². The second-order valence-corrected chi connectivity index (χ2v) is 8.08. The molecule has 1 atom stereocenters. The minimum atomic E-state index is -3.89. The molecule has 134 valence electrons. The number of methoxy groups -OCH3 is 1. The predicted octanol–water partition coefficient (Wildman–Crippen LogP) is 2.87. The molecular weight excluding hydrogens is 352 g/mol. The Labute approximate surface area is 151 Å². The van der Waals surface area contributed by atoms with Gasteiger partial charge in [0.2, 0.25) is 0 Å². The zero-order chi connectivity index (χ0) is 18.3. The van der Waals surface area contributed by atoms with Gasteiger partial charge in [-0.05, 0) is 49.1 Å². The van der Waals surface area contributed by atoms with Crippen molar-refractivity contribution in [2.24, 2.45) is 0 Å². The highest BCUT2D eigenvalue weighted by Gasteiger charge is 2.37. The first-order valence-electron chi connectivity index (χ1n) is 8.42. The number of aromatic nitrogens is 2. The van der Waals surface area contributed by atoms with Crippen molar-refractivity contribution in [1.82, 2.24) is 8.96 Å². The lowest BCUT2D eigenvalue weighted by Gasteiger charge is -2.23. The van der Waals surface area contributed by atoms with E-state index in [9.17, 15) is 13.2 Å². The lowest BCUT2D eigenvalue weighted by molar-refractivity contribution is -0.142. The Morgan fingerprint density at radius 1 is 1.19 bits per heavy atom. The Balaban J connectivity index is 2.08. The number of fused-ring (bicyclic) bond motifs is 3. The van der Waals surface area contributed by atoms with Crippen LogP contribution in [0.4, 0.5) is 0 Å². The maximum atomic E-state index is 13.4. The van der Waals surface area contributed by atoms with Gasteiger partial charge in [0.15, 0.2) is 5.65 Å². The average Bonchev–Trinajstić information content (AvgIpc) is 3.03. The third-order valence-corrected chi connectivity index (χ3v) is 6.57. The van der Waals surface area contributed by atoms with Gasteiger partial charge < -0.3 is 4.74 Å². The van der Waals surface area contributed by atoms with Crippen LogP contribution in [-0.4, -0.2) is 30.5 Å². The molecular formula is C19H18N2O4S. The van der Waals surface area contributed by atoms with E-state index in [1.807, 2.05) is 6.07 Å². The van der Waals surface area contributed by atoms with E-state index in [-0.39, 0.29) is 4.90 Å². The Hall–Kier alpha value is -2.67. The lowest BCUT2D eigenvalue weighted by atomic mass is 9.87. The number of carbonyl (C=O) groups excluding carboxylic acids is 1. The molecule has 3 aromatic rings. The van der Waals surface area contributed by atoms with Crippen molar-refractivity contribution in [2.45, 2.75) is 30.1 Å². The van der Waals surface area contributed by atoms with Gasteiger partial charge in [0.25, 0.3) is 10.0 Å². The van der Waals surface area contributed by atoms with Gasteiger partial charge in [0, 0.05) is 11.6 Å². The number of aryl methyl sites for hydroxylation is 1. The molecule has 1 aliphatic carbocycles. The molecule has 0 N–H and O–H groups in total. The predicted molar refractivity (Wildman–Crippen MR) is 96.5 cm³/mol. The van der Waals surface area contributed by atoms with E-state index in [0.29, 0.717) is 24.2 Å². The maximum Gasteiger partial charge on any atom is 0.314 e. The standard InChI is InChI=1S/C19H18N2O4S/c1-25-19(22)16-10-5-9-14-15-11-6-12-20-18(15)21(17(14)16)26(23,24)13-7-3-2-4-8-13/h2-4,6-8,11-12,16H,5,9-10H2,1H3. The van der Waals surface area contributed by atoms with Crippen molar-refractivity contribution in [3.8, 4) is 0 Å². The SMILES string of the molecule is COC(=O)C1CCCc2c1n(S(=O)(=O)c1ccccc1)c1ncccc21. The molecule has 2 heterocycles. The van der Waals surface area contributed by atoms with E-state index in [4.69, 9.17) is 4.74 Å². The van der Waals surface area contributed by atoms with Gasteiger partial charge in [-0.3, -0.25) is 4.79 Å². The van der Waals surface area contributed by atoms with Gasteiger partial charge in [-0.15, -0.1) is 0 Å². The van der Waals surface area contributed by atoms with E-state index in [2.05, 4.69) is 4.98 Å². The molecule has 0 fully saturated rings. The summed E-state index contributed by atoms with van der Waals surface area (Å²) in [6.07, 6.45) is 3.63. The zero-order valence-corrected chi connectivity index (χ0v) is 15.1. The Kier molecular flexibility index (Phi) is 4.03. The molecule has 0 spiro atoms. The summed E-state index contributed by atoms with van der Waals surface area (Å²) >= 11 is 0. The Bertz CT molecular complexity index is 1090. The van der Waals surface area contributed by atoms with Crippen LogP contribution < -0.4 is 0 Å². The van der Waals surface area contributed by atoms with Crippen LogP contribution in [0.3, 0.4) is 0 Å². The zero-order valence-electron chi connectivity index (χ0n) is 14.3. The van der Waals surface area contributed by atoms with Crippen molar-refractivity contribution in [1.29, 1.82) is 0 Å². The first-order valence-corrected chi connectivity index (χ1v) is 9.86. The Morgan fingerprint density at radius 2 is 1.96 bits per heavy atom. The number of nitrogens with zero attached hydrogens (tertiary/aromatic N) is 2. The van der Waals surface area contributed by atoms with Gasteiger partial charge in [-0.25, -0.2) is 17.4 Å². The molecule has 1 aliphatic rings. The fourth-order valence-electron chi connectivity index (χ4n) is 3.72. The summed E-state index contributed by atoms with van der Waals surface area (Å²) in [6.45, 7) is 0. The molecule has 0 aliphatic heterocycles. The van der Waals surface area contributed by atoms with Gasteiger partial charge in [0.05, 0.1) is 23.6 Å². The molecule has 6 nitrogen and oxygen atoms in total. The largest absolute Gasteiger partial charge is 0.469 e. The normalized spacial score (nSPS) is 17.0. The molecule has 2 aromatic heterocycles. The molecule has 4 rings (SSSR count). The molecule has 0 amide bonds. The number of ether oxygens (including phenoxy) is 1. The van der Waals surface area contributed by atoms with Crippen molar-refractivity contribution >= 4 is 27.0 Å². The number of benzene rings is 1. The van der Waals surface area contributed by atoms with Crippen LogP contribution in [0.15, 0.2) is 53.6 Å². The highest BCUT2D eigenvalue weighted by Crippen LogP contribution is 2.40. The van der Waals surface area contributed by atoms with Crippen molar-refractivity contribution in [3.63, 3.8) is 0 Å². The minimum Gasteiger partial charge on any atom is -0.469 e. The molecule has 26 heavy (non-hydrogen) atoms. The van der Waals surface area contributed by atoms with E-state index < -0.39 is 21.9 Å². The van der Waals surface area contributed by atoms with Crippen molar-refractivity contribution in [2.75, 3.05) is 7.11 Å². The number of esters is 1. The molecule has 0 saturated carbocycles. The van der Waals surface area contributed by atoms with Gasteiger partial charge in [0.1, 0.15) is 0 Å². The lowest BCUT2D eigenvalue weighted by Crippen LogP contribution is -2.25. The fraction of sp³-hybridized carbons (Fsp3) is 0.263.